The smallest absolute Gasteiger partial charge is 0.119 e. The van der Waals surface area contributed by atoms with E-state index in [1.807, 2.05) is 60.7 Å². The normalized spacial score (nSPS) is 10.7. The van der Waals surface area contributed by atoms with Gasteiger partial charge in [-0.05, 0) is 59.7 Å². The minimum Gasteiger partial charge on any atom is -0.489 e. The number of hydrogen-bond donors (Lipinski definition) is 1. The van der Waals surface area contributed by atoms with Crippen LogP contribution < -0.4 is 10.2 Å². The van der Waals surface area contributed by atoms with Crippen molar-refractivity contribution in [1.29, 1.82) is 0 Å². The average Bonchev–Trinajstić information content (AvgIpc) is 2.63. The quantitative estimate of drug-likeness (QED) is 0.521. The Kier molecular flexibility index (Phi) is 5.43. The SMILES string of the molecule is Clc1ccc(COc2ccc(/C=N/Nc3ccncc3)cc2)cc1. The number of rotatable bonds is 6. The predicted molar refractivity (Wildman–Crippen MR) is 97.7 cm³/mol. The van der Waals surface area contributed by atoms with E-state index in [0.717, 1.165) is 27.6 Å². The van der Waals surface area contributed by atoms with E-state index in [1.54, 1.807) is 18.6 Å². The molecule has 0 spiro atoms. The molecule has 1 aromatic heterocycles. The maximum atomic E-state index is 5.87. The Labute approximate surface area is 145 Å². The zero-order valence-electron chi connectivity index (χ0n) is 12.9. The summed E-state index contributed by atoms with van der Waals surface area (Å²) in [4.78, 5) is 3.95. The molecule has 3 rings (SSSR count). The fourth-order valence-corrected chi connectivity index (χ4v) is 2.13. The largest absolute Gasteiger partial charge is 0.489 e. The van der Waals surface area contributed by atoms with Crippen LogP contribution in [-0.4, -0.2) is 11.2 Å². The second-order valence-corrected chi connectivity index (χ2v) is 5.53. The van der Waals surface area contributed by atoms with Crippen LogP contribution in [0.5, 0.6) is 5.75 Å². The van der Waals surface area contributed by atoms with Crippen molar-refractivity contribution in [2.24, 2.45) is 5.10 Å². The maximum Gasteiger partial charge on any atom is 0.119 e. The lowest BCUT2D eigenvalue weighted by Gasteiger charge is -2.06. The highest BCUT2D eigenvalue weighted by Crippen LogP contribution is 2.15. The topological polar surface area (TPSA) is 46.5 Å². The van der Waals surface area contributed by atoms with Crippen molar-refractivity contribution < 1.29 is 4.74 Å². The number of anilines is 1. The average molecular weight is 338 g/mol. The second kappa shape index (κ2) is 8.13. The third-order valence-corrected chi connectivity index (χ3v) is 3.54. The molecule has 0 saturated heterocycles. The van der Waals surface area contributed by atoms with Crippen LogP contribution in [0.25, 0.3) is 0 Å². The molecule has 0 atom stereocenters. The van der Waals surface area contributed by atoms with E-state index in [9.17, 15) is 0 Å². The van der Waals surface area contributed by atoms with Gasteiger partial charge in [-0.2, -0.15) is 5.10 Å². The summed E-state index contributed by atoms with van der Waals surface area (Å²) in [6.45, 7) is 0.508. The van der Waals surface area contributed by atoms with Crippen LogP contribution in [0.3, 0.4) is 0 Å². The molecule has 24 heavy (non-hydrogen) atoms. The molecule has 0 fully saturated rings. The number of hydrazone groups is 1. The zero-order valence-corrected chi connectivity index (χ0v) is 13.6. The maximum absolute atomic E-state index is 5.87. The molecule has 120 valence electrons. The van der Waals surface area contributed by atoms with E-state index in [4.69, 9.17) is 16.3 Å². The molecule has 2 aromatic carbocycles. The number of hydrogen-bond acceptors (Lipinski definition) is 4. The van der Waals surface area contributed by atoms with Crippen molar-refractivity contribution in [2.45, 2.75) is 6.61 Å². The molecule has 5 heteroatoms. The number of pyridine rings is 1. The third-order valence-electron chi connectivity index (χ3n) is 3.29. The summed E-state index contributed by atoms with van der Waals surface area (Å²) in [7, 11) is 0. The molecule has 0 amide bonds. The highest BCUT2D eigenvalue weighted by Gasteiger charge is 1.97. The summed E-state index contributed by atoms with van der Waals surface area (Å²) in [5, 5.41) is 4.91. The van der Waals surface area contributed by atoms with E-state index in [1.165, 1.54) is 0 Å². The van der Waals surface area contributed by atoms with Gasteiger partial charge in [0.15, 0.2) is 0 Å². The monoisotopic (exact) mass is 337 g/mol. The minimum atomic E-state index is 0.508. The van der Waals surface area contributed by atoms with Crippen molar-refractivity contribution in [2.75, 3.05) is 5.43 Å². The first-order chi connectivity index (χ1) is 11.8. The number of ether oxygens (including phenoxy) is 1. The summed E-state index contributed by atoms with van der Waals surface area (Å²) in [6.07, 6.45) is 5.18. The van der Waals surface area contributed by atoms with E-state index in [2.05, 4.69) is 15.5 Å². The summed E-state index contributed by atoms with van der Waals surface area (Å²) < 4.78 is 5.75. The summed E-state index contributed by atoms with van der Waals surface area (Å²) in [6, 6.07) is 19.1. The van der Waals surface area contributed by atoms with Gasteiger partial charge in [0.05, 0.1) is 11.9 Å². The fourth-order valence-electron chi connectivity index (χ4n) is 2.01. The Morgan fingerprint density at radius 1 is 0.958 bits per heavy atom. The molecule has 1 heterocycles. The van der Waals surface area contributed by atoms with Crippen molar-refractivity contribution in [1.82, 2.24) is 4.98 Å². The molecular weight excluding hydrogens is 322 g/mol. The van der Waals surface area contributed by atoms with Gasteiger partial charge in [0.25, 0.3) is 0 Å². The van der Waals surface area contributed by atoms with Gasteiger partial charge in [-0.15, -0.1) is 0 Å². The van der Waals surface area contributed by atoms with E-state index < -0.39 is 0 Å². The molecule has 3 aromatic rings. The van der Waals surface area contributed by atoms with Gasteiger partial charge in [0.2, 0.25) is 0 Å². The van der Waals surface area contributed by atoms with Crippen molar-refractivity contribution in [3.8, 4) is 5.75 Å². The van der Waals surface area contributed by atoms with Crippen molar-refractivity contribution in [3.63, 3.8) is 0 Å². The van der Waals surface area contributed by atoms with Gasteiger partial charge in [-0.3, -0.25) is 10.4 Å². The van der Waals surface area contributed by atoms with Gasteiger partial charge >= 0.3 is 0 Å². The lowest BCUT2D eigenvalue weighted by molar-refractivity contribution is 0.306. The van der Waals surface area contributed by atoms with Crippen molar-refractivity contribution >= 4 is 23.5 Å². The molecule has 0 bridgehead atoms. The van der Waals surface area contributed by atoms with E-state index in [0.29, 0.717) is 6.61 Å². The van der Waals surface area contributed by atoms with Crippen LogP contribution in [0, 0.1) is 0 Å². The first-order valence-electron chi connectivity index (χ1n) is 7.46. The molecular formula is C19H16ClN3O. The van der Waals surface area contributed by atoms with E-state index in [-0.39, 0.29) is 0 Å². The molecule has 1 N–H and O–H groups in total. The Morgan fingerprint density at radius 3 is 2.38 bits per heavy atom. The molecule has 0 aliphatic heterocycles. The summed E-state index contributed by atoms with van der Waals surface area (Å²) in [5.74, 6) is 0.809. The van der Waals surface area contributed by atoms with Crippen LogP contribution in [0.15, 0.2) is 78.2 Å². The number of halogens is 1. The third kappa shape index (κ3) is 4.83. The fraction of sp³-hybridized carbons (Fsp3) is 0.0526. The number of nitrogens with zero attached hydrogens (tertiary/aromatic N) is 2. The van der Waals surface area contributed by atoms with Gasteiger partial charge in [0, 0.05) is 17.4 Å². The van der Waals surface area contributed by atoms with Gasteiger partial charge < -0.3 is 4.74 Å². The molecule has 0 aliphatic carbocycles. The number of benzene rings is 2. The Bertz CT molecular complexity index is 787. The molecule has 4 nitrogen and oxygen atoms in total. The van der Waals surface area contributed by atoms with Crippen LogP contribution in [0.1, 0.15) is 11.1 Å². The highest BCUT2D eigenvalue weighted by molar-refractivity contribution is 6.30. The van der Waals surface area contributed by atoms with E-state index >= 15 is 0 Å². The lowest BCUT2D eigenvalue weighted by atomic mass is 10.2. The zero-order chi connectivity index (χ0) is 16.6. The molecule has 0 unspecified atom stereocenters. The Balaban J connectivity index is 1.52. The van der Waals surface area contributed by atoms with Gasteiger partial charge in [0.1, 0.15) is 12.4 Å². The summed E-state index contributed by atoms with van der Waals surface area (Å²) >= 11 is 5.87. The first kappa shape index (κ1) is 16.0. The van der Waals surface area contributed by atoms with Crippen LogP contribution in [0.2, 0.25) is 5.02 Å². The Morgan fingerprint density at radius 2 is 1.67 bits per heavy atom. The number of aromatic nitrogens is 1. The molecule has 0 saturated carbocycles. The van der Waals surface area contributed by atoms with Crippen LogP contribution in [0.4, 0.5) is 5.69 Å². The lowest BCUT2D eigenvalue weighted by Crippen LogP contribution is -1.95. The summed E-state index contributed by atoms with van der Waals surface area (Å²) in [5.41, 5.74) is 5.90. The van der Waals surface area contributed by atoms with Crippen molar-refractivity contribution in [3.05, 3.63) is 89.2 Å². The first-order valence-corrected chi connectivity index (χ1v) is 7.84. The molecule has 0 radical (unpaired) electrons. The molecule has 0 aliphatic rings. The predicted octanol–water partition coefficient (Wildman–Crippen LogP) is 4.76. The Hall–Kier alpha value is -2.85. The standard InChI is InChI=1S/C19H16ClN3O/c20-17-5-1-16(2-6-17)14-24-19-7-3-15(4-8-19)13-22-23-18-9-11-21-12-10-18/h1-13H,14H2,(H,21,23)/b22-13+. The van der Waals surface area contributed by atoms with Crippen LogP contribution >= 0.6 is 11.6 Å². The number of nitrogens with one attached hydrogen (secondary N) is 1. The van der Waals surface area contributed by atoms with Gasteiger partial charge in [-0.1, -0.05) is 23.7 Å². The minimum absolute atomic E-state index is 0.508. The van der Waals surface area contributed by atoms with Crippen LogP contribution in [-0.2, 0) is 6.61 Å². The van der Waals surface area contributed by atoms with Gasteiger partial charge in [-0.25, -0.2) is 0 Å². The second-order valence-electron chi connectivity index (χ2n) is 5.09. The highest BCUT2D eigenvalue weighted by atomic mass is 35.5.